The van der Waals surface area contributed by atoms with Gasteiger partial charge in [0.25, 0.3) is 5.78 Å². The number of ketones is 1. The van der Waals surface area contributed by atoms with Gasteiger partial charge in [-0.15, -0.1) is 0 Å². The summed E-state index contributed by atoms with van der Waals surface area (Å²) in [6, 6.07) is 7.60. The number of rotatable bonds is 4. The Kier molecular flexibility index (Phi) is 4.21. The fourth-order valence-electron chi connectivity index (χ4n) is 2.10. The van der Waals surface area contributed by atoms with Gasteiger partial charge in [0.05, 0.1) is 11.3 Å². The van der Waals surface area contributed by atoms with Gasteiger partial charge in [-0.1, -0.05) is 29.8 Å². The molecule has 0 amide bonds. The lowest BCUT2D eigenvalue weighted by Gasteiger charge is -2.05. The predicted octanol–water partition coefficient (Wildman–Crippen LogP) is 2.27. The standard InChI is InChI=1S/C16H18N2O3/c1-10-5-7-13(8-6-10)9-21-16(20)15(19)14-11(2)17-18(4)12(14)3/h5-8H,9H2,1-4H3. The molecule has 0 unspecified atom stereocenters. The van der Waals surface area contributed by atoms with Crippen LogP contribution in [-0.4, -0.2) is 21.5 Å². The molecule has 0 fully saturated rings. The maximum absolute atomic E-state index is 12.1. The Balaban J connectivity index is 2.06. The van der Waals surface area contributed by atoms with Gasteiger partial charge >= 0.3 is 5.97 Å². The number of hydrogen-bond donors (Lipinski definition) is 0. The van der Waals surface area contributed by atoms with Crippen molar-refractivity contribution in [1.29, 1.82) is 0 Å². The van der Waals surface area contributed by atoms with Crippen LogP contribution < -0.4 is 0 Å². The highest BCUT2D eigenvalue weighted by molar-refractivity contribution is 6.41. The summed E-state index contributed by atoms with van der Waals surface area (Å²) in [6.45, 7) is 5.52. The second-order valence-corrected chi connectivity index (χ2v) is 5.06. The van der Waals surface area contributed by atoms with E-state index in [0.717, 1.165) is 11.1 Å². The Morgan fingerprint density at radius 2 is 1.76 bits per heavy atom. The second-order valence-electron chi connectivity index (χ2n) is 5.06. The van der Waals surface area contributed by atoms with E-state index in [2.05, 4.69) is 5.10 Å². The van der Waals surface area contributed by atoms with E-state index in [1.54, 1.807) is 25.6 Å². The van der Waals surface area contributed by atoms with Gasteiger partial charge in [0, 0.05) is 12.7 Å². The summed E-state index contributed by atoms with van der Waals surface area (Å²) in [6.07, 6.45) is 0. The second kappa shape index (κ2) is 5.91. The molecule has 1 heterocycles. The van der Waals surface area contributed by atoms with Crippen LogP contribution in [0.15, 0.2) is 24.3 Å². The van der Waals surface area contributed by atoms with Crippen LogP contribution in [0.3, 0.4) is 0 Å². The van der Waals surface area contributed by atoms with Crippen LogP contribution in [0.5, 0.6) is 0 Å². The molecule has 2 rings (SSSR count). The molecule has 1 aromatic heterocycles. The van der Waals surface area contributed by atoms with Crippen LogP contribution in [0.1, 0.15) is 32.9 Å². The largest absolute Gasteiger partial charge is 0.455 e. The molecule has 0 saturated heterocycles. The van der Waals surface area contributed by atoms with Gasteiger partial charge in [-0.2, -0.15) is 5.10 Å². The van der Waals surface area contributed by atoms with Gasteiger partial charge < -0.3 is 4.74 Å². The van der Waals surface area contributed by atoms with Crippen LogP contribution in [0, 0.1) is 20.8 Å². The Bertz CT molecular complexity index is 684. The van der Waals surface area contributed by atoms with Crippen molar-refractivity contribution in [2.24, 2.45) is 7.05 Å². The number of aryl methyl sites for hydroxylation is 3. The number of carbonyl (C=O) groups is 2. The SMILES string of the molecule is Cc1ccc(COC(=O)C(=O)c2c(C)nn(C)c2C)cc1. The van der Waals surface area contributed by atoms with E-state index < -0.39 is 11.8 Å². The lowest BCUT2D eigenvalue weighted by Crippen LogP contribution is -2.19. The topological polar surface area (TPSA) is 61.2 Å². The van der Waals surface area contributed by atoms with Crippen molar-refractivity contribution in [1.82, 2.24) is 9.78 Å². The molecule has 0 N–H and O–H groups in total. The average molecular weight is 286 g/mol. The van der Waals surface area contributed by atoms with Gasteiger partial charge in [-0.05, 0) is 26.3 Å². The summed E-state index contributed by atoms with van der Waals surface area (Å²) in [5.74, 6) is -1.50. The molecule has 0 aliphatic rings. The van der Waals surface area contributed by atoms with E-state index in [4.69, 9.17) is 4.74 Å². The zero-order chi connectivity index (χ0) is 15.6. The van der Waals surface area contributed by atoms with Crippen LogP contribution in [0.2, 0.25) is 0 Å². The molecule has 2 aromatic rings. The Morgan fingerprint density at radius 3 is 2.29 bits per heavy atom. The van der Waals surface area contributed by atoms with Crippen molar-refractivity contribution >= 4 is 11.8 Å². The molecule has 0 bridgehead atoms. The third kappa shape index (κ3) is 3.18. The lowest BCUT2D eigenvalue weighted by atomic mass is 10.1. The normalized spacial score (nSPS) is 10.5. The van der Waals surface area contributed by atoms with Crippen LogP contribution in [0.25, 0.3) is 0 Å². The highest BCUT2D eigenvalue weighted by atomic mass is 16.5. The summed E-state index contributed by atoms with van der Waals surface area (Å²) in [5, 5.41) is 4.13. The minimum atomic E-state index is -0.852. The molecular weight excluding hydrogens is 268 g/mol. The van der Waals surface area contributed by atoms with E-state index >= 15 is 0 Å². The molecule has 5 nitrogen and oxygen atoms in total. The fraction of sp³-hybridized carbons (Fsp3) is 0.312. The number of nitrogens with zero attached hydrogens (tertiary/aromatic N) is 2. The molecule has 5 heteroatoms. The third-order valence-corrected chi connectivity index (χ3v) is 3.41. The predicted molar refractivity (Wildman–Crippen MR) is 78.0 cm³/mol. The zero-order valence-corrected chi connectivity index (χ0v) is 12.6. The van der Waals surface area contributed by atoms with Crippen molar-refractivity contribution in [3.05, 3.63) is 52.3 Å². The summed E-state index contributed by atoms with van der Waals surface area (Å²) >= 11 is 0. The highest BCUT2D eigenvalue weighted by Crippen LogP contribution is 2.14. The number of Topliss-reactive ketones (excluding diaryl/α,β-unsaturated/α-hetero) is 1. The molecule has 21 heavy (non-hydrogen) atoms. The monoisotopic (exact) mass is 286 g/mol. The van der Waals surface area contributed by atoms with Gasteiger partial charge in [0.2, 0.25) is 0 Å². The molecule has 0 atom stereocenters. The van der Waals surface area contributed by atoms with Crippen molar-refractivity contribution < 1.29 is 14.3 Å². The number of benzene rings is 1. The molecule has 0 aliphatic carbocycles. The molecule has 0 spiro atoms. The van der Waals surface area contributed by atoms with Crippen molar-refractivity contribution in [3.63, 3.8) is 0 Å². The number of esters is 1. The number of hydrogen-bond acceptors (Lipinski definition) is 4. The first kappa shape index (κ1) is 15.0. The van der Waals surface area contributed by atoms with Crippen molar-refractivity contribution in [2.75, 3.05) is 0 Å². The molecule has 1 aromatic carbocycles. The fourth-order valence-corrected chi connectivity index (χ4v) is 2.10. The van der Waals surface area contributed by atoms with E-state index in [9.17, 15) is 9.59 Å². The third-order valence-electron chi connectivity index (χ3n) is 3.41. The minimum Gasteiger partial charge on any atom is -0.455 e. The maximum Gasteiger partial charge on any atom is 0.380 e. The van der Waals surface area contributed by atoms with E-state index in [1.807, 2.05) is 31.2 Å². The van der Waals surface area contributed by atoms with Crippen molar-refractivity contribution in [2.45, 2.75) is 27.4 Å². The molecular formula is C16H18N2O3. The van der Waals surface area contributed by atoms with Gasteiger partial charge in [-0.3, -0.25) is 9.48 Å². The average Bonchev–Trinajstić information content (AvgIpc) is 2.70. The summed E-state index contributed by atoms with van der Waals surface area (Å²) in [5.41, 5.74) is 3.49. The number of aromatic nitrogens is 2. The smallest absolute Gasteiger partial charge is 0.380 e. The van der Waals surface area contributed by atoms with Gasteiger partial charge in [0.15, 0.2) is 0 Å². The number of carbonyl (C=O) groups excluding carboxylic acids is 2. The number of ether oxygens (including phenoxy) is 1. The van der Waals surface area contributed by atoms with E-state index in [-0.39, 0.29) is 6.61 Å². The molecule has 110 valence electrons. The Labute approximate surface area is 123 Å². The van der Waals surface area contributed by atoms with E-state index in [1.165, 1.54) is 0 Å². The first-order chi connectivity index (χ1) is 9.90. The Hall–Kier alpha value is -2.43. The van der Waals surface area contributed by atoms with Crippen molar-refractivity contribution in [3.8, 4) is 0 Å². The summed E-state index contributed by atoms with van der Waals surface area (Å²) < 4.78 is 6.66. The Morgan fingerprint density at radius 1 is 1.14 bits per heavy atom. The zero-order valence-electron chi connectivity index (χ0n) is 12.6. The lowest BCUT2D eigenvalue weighted by molar-refractivity contribution is -0.139. The molecule has 0 saturated carbocycles. The molecule has 0 radical (unpaired) electrons. The summed E-state index contributed by atoms with van der Waals surface area (Å²) in [4.78, 5) is 24.0. The maximum atomic E-state index is 12.1. The van der Waals surface area contributed by atoms with Gasteiger partial charge in [-0.25, -0.2) is 4.79 Å². The first-order valence-corrected chi connectivity index (χ1v) is 6.67. The first-order valence-electron chi connectivity index (χ1n) is 6.67. The summed E-state index contributed by atoms with van der Waals surface area (Å²) in [7, 11) is 1.73. The van der Waals surface area contributed by atoms with Crippen LogP contribution in [-0.2, 0) is 23.2 Å². The quantitative estimate of drug-likeness (QED) is 0.491. The van der Waals surface area contributed by atoms with Gasteiger partial charge in [0.1, 0.15) is 6.61 Å². The minimum absolute atomic E-state index is 0.0865. The van der Waals surface area contributed by atoms with E-state index in [0.29, 0.717) is 17.0 Å². The highest BCUT2D eigenvalue weighted by Gasteiger charge is 2.25. The van der Waals surface area contributed by atoms with Crippen LogP contribution >= 0.6 is 0 Å². The van der Waals surface area contributed by atoms with Crippen LogP contribution in [0.4, 0.5) is 0 Å². The molecule has 0 aliphatic heterocycles.